The third-order valence-corrected chi connectivity index (χ3v) is 5.66. The highest BCUT2D eigenvalue weighted by molar-refractivity contribution is 7.92. The van der Waals surface area contributed by atoms with Gasteiger partial charge in [0, 0.05) is 11.4 Å². The van der Waals surface area contributed by atoms with Crippen LogP contribution in [0.3, 0.4) is 0 Å². The lowest BCUT2D eigenvalue weighted by Gasteiger charge is -2.16. The van der Waals surface area contributed by atoms with Crippen molar-refractivity contribution < 1.29 is 17.9 Å². The molecule has 29 heavy (non-hydrogen) atoms. The lowest BCUT2D eigenvalue weighted by molar-refractivity contribution is -0.127. The predicted octanol–water partition coefficient (Wildman–Crippen LogP) is 3.93. The third kappa shape index (κ3) is 5.06. The van der Waals surface area contributed by atoms with Crippen molar-refractivity contribution in [3.63, 3.8) is 0 Å². The molecule has 7 heteroatoms. The Kier molecular flexibility index (Phi) is 6.08. The molecule has 152 valence electrons. The maximum absolute atomic E-state index is 12.8. The van der Waals surface area contributed by atoms with Crippen LogP contribution in [0.2, 0.25) is 0 Å². The molecule has 0 spiro atoms. The van der Waals surface area contributed by atoms with Crippen molar-refractivity contribution in [2.75, 3.05) is 4.72 Å². The number of ether oxygens (including phenoxy) is 1. The van der Waals surface area contributed by atoms with Gasteiger partial charge in [-0.1, -0.05) is 36.4 Å². The Labute approximate surface area is 170 Å². The molecular weight excluding hydrogens is 388 g/mol. The average molecular weight is 413 g/mol. The van der Waals surface area contributed by atoms with Gasteiger partial charge in [0.2, 0.25) is 0 Å². The van der Waals surface area contributed by atoms with Gasteiger partial charge >= 0.3 is 0 Å². The Hall–Kier alpha value is -3.06. The maximum Gasteiger partial charge on any atom is 0.261 e. The summed E-state index contributed by atoms with van der Waals surface area (Å²) in [5, 5.41) is 4.54. The van der Waals surface area contributed by atoms with Crippen LogP contribution in [-0.2, 0) is 14.8 Å². The summed E-state index contributed by atoms with van der Waals surface area (Å²) in [5.74, 6) is 0.190. The number of carbonyl (C=O) groups excluding carboxylic acids is 1. The predicted molar refractivity (Wildman–Crippen MR) is 115 cm³/mol. The van der Waals surface area contributed by atoms with Gasteiger partial charge in [0.05, 0.1) is 10.6 Å². The van der Waals surface area contributed by atoms with Crippen LogP contribution >= 0.6 is 0 Å². The summed E-state index contributed by atoms with van der Waals surface area (Å²) in [7, 11) is -3.77. The minimum Gasteiger partial charge on any atom is -0.481 e. The molecule has 2 N–H and O–H groups in total. The smallest absolute Gasteiger partial charge is 0.261 e. The van der Waals surface area contributed by atoms with E-state index in [2.05, 4.69) is 10.0 Å². The number of hydrogen-bond acceptors (Lipinski definition) is 4. The summed E-state index contributed by atoms with van der Waals surface area (Å²) in [4.78, 5) is 12.1. The van der Waals surface area contributed by atoms with Crippen molar-refractivity contribution in [2.45, 2.75) is 37.8 Å². The molecule has 3 aromatic rings. The molecule has 0 aliphatic carbocycles. The highest BCUT2D eigenvalue weighted by Gasteiger charge is 2.18. The molecule has 0 fully saturated rings. The molecule has 6 nitrogen and oxygen atoms in total. The van der Waals surface area contributed by atoms with Crippen LogP contribution in [0.4, 0.5) is 5.69 Å². The van der Waals surface area contributed by atoms with Crippen molar-refractivity contribution in [1.29, 1.82) is 0 Å². The molecule has 0 aliphatic rings. The first kappa shape index (κ1) is 20.7. The van der Waals surface area contributed by atoms with Gasteiger partial charge in [-0.05, 0) is 56.5 Å². The largest absolute Gasteiger partial charge is 0.481 e. The minimum atomic E-state index is -3.77. The molecule has 0 unspecified atom stereocenters. The van der Waals surface area contributed by atoms with Crippen molar-refractivity contribution >= 4 is 32.4 Å². The summed E-state index contributed by atoms with van der Waals surface area (Å²) in [6, 6.07) is 19.0. The Morgan fingerprint density at radius 3 is 2.24 bits per heavy atom. The molecule has 3 aromatic carbocycles. The van der Waals surface area contributed by atoms with E-state index in [4.69, 9.17) is 4.74 Å². The van der Waals surface area contributed by atoms with Gasteiger partial charge in [0.25, 0.3) is 15.9 Å². The van der Waals surface area contributed by atoms with Crippen molar-refractivity contribution in [3.8, 4) is 5.75 Å². The standard InChI is InChI=1S/C22H24N2O4S/c1-15(2)23-22(25)16(3)28-18-11-13-19(14-12-18)29(26,27)24-21-10-6-8-17-7-4-5-9-20(17)21/h4-16,24H,1-3H3,(H,23,25)/t16-/m0/s1. The van der Waals surface area contributed by atoms with Gasteiger partial charge < -0.3 is 10.1 Å². The van der Waals surface area contributed by atoms with Gasteiger partial charge in [-0.3, -0.25) is 9.52 Å². The Balaban J connectivity index is 1.75. The van der Waals surface area contributed by atoms with E-state index in [1.807, 2.05) is 44.2 Å². The zero-order valence-electron chi connectivity index (χ0n) is 16.5. The molecule has 0 aliphatic heterocycles. The molecule has 0 saturated carbocycles. The summed E-state index contributed by atoms with van der Waals surface area (Å²) in [6.07, 6.45) is -0.686. The molecule has 1 atom stereocenters. The number of nitrogens with one attached hydrogen (secondary N) is 2. The van der Waals surface area contributed by atoms with E-state index in [0.717, 1.165) is 10.8 Å². The molecule has 0 heterocycles. The summed E-state index contributed by atoms with van der Waals surface area (Å²) < 4.78 is 33.8. The van der Waals surface area contributed by atoms with E-state index in [-0.39, 0.29) is 16.8 Å². The third-order valence-electron chi connectivity index (χ3n) is 4.28. The number of rotatable bonds is 7. The van der Waals surface area contributed by atoms with Crippen molar-refractivity contribution in [3.05, 3.63) is 66.7 Å². The zero-order valence-corrected chi connectivity index (χ0v) is 17.4. The van der Waals surface area contributed by atoms with Gasteiger partial charge in [-0.2, -0.15) is 0 Å². The fourth-order valence-corrected chi connectivity index (χ4v) is 3.95. The highest BCUT2D eigenvalue weighted by atomic mass is 32.2. The molecule has 3 rings (SSSR count). The van der Waals surface area contributed by atoms with Gasteiger partial charge in [-0.15, -0.1) is 0 Å². The topological polar surface area (TPSA) is 84.5 Å². The van der Waals surface area contributed by atoms with Crippen LogP contribution in [0.25, 0.3) is 10.8 Å². The van der Waals surface area contributed by atoms with E-state index in [1.54, 1.807) is 19.1 Å². The summed E-state index contributed by atoms with van der Waals surface area (Å²) >= 11 is 0. The van der Waals surface area contributed by atoms with Crippen LogP contribution in [0.15, 0.2) is 71.6 Å². The molecule has 0 saturated heterocycles. The van der Waals surface area contributed by atoms with Crippen LogP contribution in [0.5, 0.6) is 5.75 Å². The first-order chi connectivity index (χ1) is 13.8. The molecule has 1 amide bonds. The van der Waals surface area contributed by atoms with Crippen LogP contribution < -0.4 is 14.8 Å². The normalized spacial score (nSPS) is 12.6. The van der Waals surface area contributed by atoms with Gasteiger partial charge in [-0.25, -0.2) is 8.42 Å². The fourth-order valence-electron chi connectivity index (χ4n) is 2.87. The van der Waals surface area contributed by atoms with Crippen molar-refractivity contribution in [2.24, 2.45) is 0 Å². The lowest BCUT2D eigenvalue weighted by Crippen LogP contribution is -2.40. The number of benzene rings is 3. The van der Waals surface area contributed by atoms with Crippen LogP contribution in [0, 0.1) is 0 Å². The van der Waals surface area contributed by atoms with E-state index < -0.39 is 16.1 Å². The first-order valence-corrected chi connectivity index (χ1v) is 10.8. The molecule has 0 bridgehead atoms. The minimum absolute atomic E-state index is 0.0150. The second kappa shape index (κ2) is 8.53. The van der Waals surface area contributed by atoms with Crippen LogP contribution in [-0.4, -0.2) is 26.5 Å². The zero-order chi connectivity index (χ0) is 21.0. The average Bonchev–Trinajstić information content (AvgIpc) is 2.68. The van der Waals surface area contributed by atoms with E-state index in [0.29, 0.717) is 11.4 Å². The first-order valence-electron chi connectivity index (χ1n) is 9.34. The van der Waals surface area contributed by atoms with E-state index >= 15 is 0 Å². The quantitative estimate of drug-likeness (QED) is 0.616. The monoisotopic (exact) mass is 412 g/mol. The fraction of sp³-hybridized carbons (Fsp3) is 0.227. The number of fused-ring (bicyclic) bond motifs is 1. The number of amides is 1. The lowest BCUT2D eigenvalue weighted by atomic mass is 10.1. The Bertz CT molecular complexity index is 1100. The van der Waals surface area contributed by atoms with Crippen molar-refractivity contribution in [1.82, 2.24) is 5.32 Å². The van der Waals surface area contributed by atoms with E-state index in [1.165, 1.54) is 24.3 Å². The number of hydrogen-bond donors (Lipinski definition) is 2. The Morgan fingerprint density at radius 1 is 0.897 bits per heavy atom. The highest BCUT2D eigenvalue weighted by Crippen LogP contribution is 2.26. The van der Waals surface area contributed by atoms with Crippen LogP contribution in [0.1, 0.15) is 20.8 Å². The number of carbonyl (C=O) groups is 1. The SMILES string of the molecule is CC(C)NC(=O)[C@H](C)Oc1ccc(S(=O)(=O)Nc2cccc3ccccc23)cc1. The van der Waals surface area contributed by atoms with E-state index in [9.17, 15) is 13.2 Å². The molecule has 0 radical (unpaired) electrons. The summed E-state index contributed by atoms with van der Waals surface area (Å²) in [6.45, 7) is 5.38. The summed E-state index contributed by atoms with van der Waals surface area (Å²) in [5.41, 5.74) is 0.516. The second-order valence-electron chi connectivity index (χ2n) is 7.03. The molecule has 0 aromatic heterocycles. The number of anilines is 1. The molecular formula is C22H24N2O4S. The maximum atomic E-state index is 12.8. The second-order valence-corrected chi connectivity index (χ2v) is 8.71. The Morgan fingerprint density at radius 2 is 1.55 bits per heavy atom. The van der Waals surface area contributed by atoms with Gasteiger partial charge in [0.1, 0.15) is 5.75 Å². The number of sulfonamides is 1. The van der Waals surface area contributed by atoms with Gasteiger partial charge in [0.15, 0.2) is 6.10 Å².